The number of methoxy groups -OCH3 is 1. The maximum Gasteiger partial charge on any atom is 0.308 e. The van der Waals surface area contributed by atoms with Crippen molar-refractivity contribution in [3.8, 4) is 0 Å². The zero-order valence-corrected chi connectivity index (χ0v) is 12.3. The van der Waals surface area contributed by atoms with Crippen LogP contribution in [-0.4, -0.2) is 62.9 Å². The number of aromatic nitrogens is 4. The third-order valence-corrected chi connectivity index (χ3v) is 4.28. The topological polar surface area (TPSA) is 90.2 Å². The molecule has 1 saturated heterocycles. The van der Waals surface area contributed by atoms with Crippen molar-refractivity contribution in [3.63, 3.8) is 0 Å². The first-order chi connectivity index (χ1) is 9.61. The number of likely N-dealkylation sites (tertiary alicyclic amines) is 1. The van der Waals surface area contributed by atoms with Crippen LogP contribution in [0.25, 0.3) is 0 Å². The van der Waals surface area contributed by atoms with Crippen LogP contribution < -0.4 is 0 Å². The molecule has 1 aromatic rings. The fourth-order valence-corrected chi connectivity index (χ4v) is 2.85. The van der Waals surface area contributed by atoms with Gasteiger partial charge < -0.3 is 9.64 Å². The molecule has 2 rings (SSSR count). The van der Waals surface area contributed by atoms with Crippen LogP contribution in [0.1, 0.15) is 12.8 Å². The lowest BCUT2D eigenvalue weighted by atomic mass is 9.97. The second-order valence-corrected chi connectivity index (χ2v) is 5.49. The van der Waals surface area contributed by atoms with Gasteiger partial charge in [-0.05, 0) is 23.3 Å². The Morgan fingerprint density at radius 1 is 1.40 bits per heavy atom. The Morgan fingerprint density at radius 2 is 2.10 bits per heavy atom. The lowest BCUT2D eigenvalue weighted by Gasteiger charge is -2.30. The van der Waals surface area contributed by atoms with Crippen molar-refractivity contribution in [1.82, 2.24) is 25.1 Å². The molecule has 0 atom stereocenters. The van der Waals surface area contributed by atoms with Crippen LogP contribution >= 0.6 is 11.8 Å². The molecule has 1 aliphatic rings. The van der Waals surface area contributed by atoms with Gasteiger partial charge in [0.05, 0.1) is 18.8 Å². The molecule has 1 aromatic heterocycles. The van der Waals surface area contributed by atoms with Crippen molar-refractivity contribution in [2.75, 3.05) is 26.0 Å². The van der Waals surface area contributed by atoms with Gasteiger partial charge in [0, 0.05) is 20.1 Å². The third-order valence-electron chi connectivity index (χ3n) is 3.29. The number of tetrazole rings is 1. The number of hydrogen-bond donors (Lipinski definition) is 0. The molecule has 0 bridgehead atoms. The van der Waals surface area contributed by atoms with E-state index in [1.165, 1.54) is 23.6 Å². The molecule has 2 heterocycles. The first-order valence-corrected chi connectivity index (χ1v) is 7.31. The Labute approximate surface area is 120 Å². The monoisotopic (exact) mass is 299 g/mol. The van der Waals surface area contributed by atoms with Gasteiger partial charge in [0.2, 0.25) is 11.1 Å². The average molecular weight is 299 g/mol. The van der Waals surface area contributed by atoms with E-state index in [-0.39, 0.29) is 17.8 Å². The van der Waals surface area contributed by atoms with Gasteiger partial charge in [-0.25, -0.2) is 4.68 Å². The van der Waals surface area contributed by atoms with E-state index in [1.807, 2.05) is 0 Å². The fourth-order valence-electron chi connectivity index (χ4n) is 2.09. The number of hydrogen-bond acceptors (Lipinski definition) is 7. The van der Waals surface area contributed by atoms with E-state index in [0.29, 0.717) is 36.8 Å². The average Bonchev–Trinajstić information content (AvgIpc) is 2.89. The first-order valence-electron chi connectivity index (χ1n) is 6.32. The summed E-state index contributed by atoms with van der Waals surface area (Å²) in [6, 6.07) is 0. The number of nitrogens with zero attached hydrogens (tertiary/aromatic N) is 5. The van der Waals surface area contributed by atoms with Crippen molar-refractivity contribution in [2.45, 2.75) is 18.0 Å². The van der Waals surface area contributed by atoms with Crippen LogP contribution in [0.15, 0.2) is 5.16 Å². The van der Waals surface area contributed by atoms with E-state index in [9.17, 15) is 9.59 Å². The van der Waals surface area contributed by atoms with Crippen LogP contribution in [0.5, 0.6) is 0 Å². The highest BCUT2D eigenvalue weighted by molar-refractivity contribution is 7.99. The van der Waals surface area contributed by atoms with Crippen molar-refractivity contribution >= 4 is 23.6 Å². The van der Waals surface area contributed by atoms with Gasteiger partial charge in [-0.15, -0.1) is 5.10 Å². The van der Waals surface area contributed by atoms with E-state index >= 15 is 0 Å². The second-order valence-electron chi connectivity index (χ2n) is 4.55. The van der Waals surface area contributed by atoms with E-state index in [1.54, 1.807) is 11.9 Å². The molecule has 20 heavy (non-hydrogen) atoms. The lowest BCUT2D eigenvalue weighted by molar-refractivity contribution is -0.148. The van der Waals surface area contributed by atoms with Crippen LogP contribution in [0, 0.1) is 5.92 Å². The van der Waals surface area contributed by atoms with Crippen molar-refractivity contribution in [3.05, 3.63) is 0 Å². The molecule has 0 N–H and O–H groups in total. The van der Waals surface area contributed by atoms with Gasteiger partial charge in [0.15, 0.2) is 0 Å². The van der Waals surface area contributed by atoms with E-state index in [2.05, 4.69) is 15.5 Å². The largest absolute Gasteiger partial charge is 0.469 e. The molecule has 0 radical (unpaired) electrons. The van der Waals surface area contributed by atoms with E-state index in [4.69, 9.17) is 4.74 Å². The van der Waals surface area contributed by atoms with E-state index in [0.717, 1.165) is 0 Å². The number of thioether (sulfide) groups is 1. The summed E-state index contributed by atoms with van der Waals surface area (Å²) in [7, 11) is 3.13. The maximum absolute atomic E-state index is 12.1. The molecule has 1 aliphatic heterocycles. The number of esters is 1. The summed E-state index contributed by atoms with van der Waals surface area (Å²) in [6.45, 7) is 1.19. The Kier molecular flexibility index (Phi) is 4.94. The first kappa shape index (κ1) is 14.8. The Balaban J connectivity index is 1.77. The molecule has 9 heteroatoms. The normalized spacial score (nSPS) is 16.2. The maximum atomic E-state index is 12.1. The fraction of sp³-hybridized carbons (Fsp3) is 0.727. The van der Waals surface area contributed by atoms with Crippen LogP contribution in [0.3, 0.4) is 0 Å². The molecule has 1 amide bonds. The Morgan fingerprint density at radius 3 is 2.65 bits per heavy atom. The zero-order valence-electron chi connectivity index (χ0n) is 11.5. The van der Waals surface area contributed by atoms with Gasteiger partial charge in [0.25, 0.3) is 0 Å². The predicted octanol–water partition coefficient (Wildman–Crippen LogP) is -0.286. The summed E-state index contributed by atoms with van der Waals surface area (Å²) in [5, 5.41) is 11.6. The van der Waals surface area contributed by atoms with Gasteiger partial charge in [-0.3, -0.25) is 9.59 Å². The van der Waals surface area contributed by atoms with E-state index < -0.39 is 0 Å². The number of piperidine rings is 1. The lowest BCUT2D eigenvalue weighted by Crippen LogP contribution is -2.41. The highest BCUT2D eigenvalue weighted by Crippen LogP contribution is 2.20. The van der Waals surface area contributed by atoms with Gasteiger partial charge in [-0.2, -0.15) is 0 Å². The number of carbonyl (C=O) groups is 2. The molecule has 0 aliphatic carbocycles. The highest BCUT2D eigenvalue weighted by Gasteiger charge is 2.27. The van der Waals surface area contributed by atoms with Gasteiger partial charge in [0.1, 0.15) is 0 Å². The summed E-state index contributed by atoms with van der Waals surface area (Å²) >= 11 is 1.31. The SMILES string of the molecule is COC(=O)C1CCN(C(=O)CSc2nnnn2C)CC1. The standard InChI is InChI=1S/C11H17N5O3S/c1-15-11(12-13-14-15)20-7-9(17)16-5-3-8(4-6-16)10(18)19-2/h8H,3-7H2,1-2H3. The van der Waals surface area contributed by atoms with Crippen LogP contribution in [0.2, 0.25) is 0 Å². The van der Waals surface area contributed by atoms with Crippen LogP contribution in [-0.2, 0) is 21.4 Å². The molecule has 1 fully saturated rings. The molecular weight excluding hydrogens is 282 g/mol. The predicted molar refractivity (Wildman–Crippen MR) is 70.8 cm³/mol. The summed E-state index contributed by atoms with van der Waals surface area (Å²) in [4.78, 5) is 25.2. The molecule has 110 valence electrons. The molecule has 0 unspecified atom stereocenters. The van der Waals surface area contributed by atoms with Gasteiger partial charge >= 0.3 is 5.97 Å². The number of amides is 1. The molecular formula is C11H17N5O3S. The minimum absolute atomic E-state index is 0.0429. The van der Waals surface area contributed by atoms with Crippen molar-refractivity contribution < 1.29 is 14.3 Å². The summed E-state index contributed by atoms with van der Waals surface area (Å²) in [5.74, 6) is 0.0782. The minimum Gasteiger partial charge on any atom is -0.469 e. The van der Waals surface area contributed by atoms with Crippen LogP contribution in [0.4, 0.5) is 0 Å². The number of carbonyl (C=O) groups excluding carboxylic acids is 2. The molecule has 0 spiro atoms. The second kappa shape index (κ2) is 6.69. The summed E-state index contributed by atoms with van der Waals surface area (Å²) < 4.78 is 6.25. The zero-order chi connectivity index (χ0) is 14.5. The molecule has 0 aromatic carbocycles. The van der Waals surface area contributed by atoms with Gasteiger partial charge in [-0.1, -0.05) is 11.8 Å². The Hall–Kier alpha value is -1.64. The number of ether oxygens (including phenoxy) is 1. The highest BCUT2D eigenvalue weighted by atomic mass is 32.2. The summed E-state index contributed by atoms with van der Waals surface area (Å²) in [6.07, 6.45) is 1.32. The Bertz CT molecular complexity index is 484. The third kappa shape index (κ3) is 3.47. The summed E-state index contributed by atoms with van der Waals surface area (Å²) in [5.41, 5.74) is 0. The molecule has 8 nitrogen and oxygen atoms in total. The smallest absolute Gasteiger partial charge is 0.308 e. The number of aryl methyl sites for hydroxylation is 1. The minimum atomic E-state index is -0.184. The van der Waals surface area contributed by atoms with Crippen molar-refractivity contribution in [1.29, 1.82) is 0 Å². The number of rotatable bonds is 4. The quantitative estimate of drug-likeness (QED) is 0.557. The molecule has 0 saturated carbocycles. The van der Waals surface area contributed by atoms with Crippen molar-refractivity contribution in [2.24, 2.45) is 13.0 Å².